The van der Waals surface area contributed by atoms with Gasteiger partial charge in [0, 0.05) is 18.8 Å². The Morgan fingerprint density at radius 1 is 1.40 bits per heavy atom. The molecule has 2 aliphatic heterocycles. The Bertz CT molecular complexity index is 297. The van der Waals surface area contributed by atoms with E-state index in [-0.39, 0.29) is 29.0 Å². The molecule has 3 aliphatic rings. The van der Waals surface area contributed by atoms with Gasteiger partial charge in [0.05, 0.1) is 17.3 Å². The number of fused-ring (bicyclic) bond motifs is 2. The first kappa shape index (κ1) is 10.8. The lowest BCUT2D eigenvalue weighted by Gasteiger charge is -2.64. The van der Waals surface area contributed by atoms with Gasteiger partial charge >= 0.3 is 0 Å². The Morgan fingerprint density at radius 2 is 1.93 bits per heavy atom. The summed E-state index contributed by atoms with van der Waals surface area (Å²) in [4.78, 5) is 10.9. The molecule has 0 spiro atoms. The standard InChI is InChI=1S/C12H18O3/c1-8(13)4-5-10-11(2)6-9(14)7-12(10,3)15-11/h4-5,9-10,14H,6-7H2,1-3H3. The van der Waals surface area contributed by atoms with Crippen LogP contribution in [0.1, 0.15) is 33.6 Å². The number of ketones is 1. The molecule has 2 heterocycles. The fraction of sp³-hybridized carbons (Fsp3) is 0.750. The van der Waals surface area contributed by atoms with Gasteiger partial charge in [-0.2, -0.15) is 0 Å². The quantitative estimate of drug-likeness (QED) is 0.702. The van der Waals surface area contributed by atoms with E-state index in [1.165, 1.54) is 0 Å². The Morgan fingerprint density at radius 3 is 2.40 bits per heavy atom. The fourth-order valence-electron chi connectivity index (χ4n) is 3.23. The minimum Gasteiger partial charge on any atom is -0.393 e. The predicted molar refractivity (Wildman–Crippen MR) is 56.4 cm³/mol. The first-order valence-electron chi connectivity index (χ1n) is 5.43. The largest absolute Gasteiger partial charge is 0.393 e. The van der Waals surface area contributed by atoms with Crippen LogP contribution in [0.15, 0.2) is 12.2 Å². The third-order valence-electron chi connectivity index (χ3n) is 3.59. The summed E-state index contributed by atoms with van der Waals surface area (Å²) < 4.78 is 5.84. The van der Waals surface area contributed by atoms with E-state index in [0.29, 0.717) is 12.8 Å². The Balaban J connectivity index is 2.17. The molecule has 3 fully saturated rings. The molecule has 2 atom stereocenters. The van der Waals surface area contributed by atoms with Crippen LogP contribution in [0.3, 0.4) is 0 Å². The Labute approximate surface area is 90.1 Å². The number of rotatable bonds is 2. The highest BCUT2D eigenvalue weighted by Gasteiger charge is 2.63. The molecule has 15 heavy (non-hydrogen) atoms. The molecular formula is C12H18O3. The topological polar surface area (TPSA) is 46.5 Å². The SMILES string of the molecule is CC(=O)C=CC1C2(C)CC(O)CC1(C)O2. The van der Waals surface area contributed by atoms with Gasteiger partial charge in [-0.25, -0.2) is 0 Å². The molecule has 84 valence electrons. The summed E-state index contributed by atoms with van der Waals surface area (Å²) in [5.41, 5.74) is -0.559. The molecule has 0 aromatic heterocycles. The number of carbonyl (C=O) groups is 1. The molecule has 0 radical (unpaired) electrons. The second-order valence-corrected chi connectivity index (χ2v) is 5.24. The van der Waals surface area contributed by atoms with E-state index < -0.39 is 0 Å². The lowest BCUT2D eigenvalue weighted by Crippen LogP contribution is -2.70. The Hall–Kier alpha value is -0.670. The van der Waals surface area contributed by atoms with Crippen LogP contribution in [0.25, 0.3) is 0 Å². The molecule has 1 saturated carbocycles. The summed E-state index contributed by atoms with van der Waals surface area (Å²) >= 11 is 0. The van der Waals surface area contributed by atoms with E-state index in [2.05, 4.69) is 0 Å². The monoisotopic (exact) mass is 210 g/mol. The number of carbonyl (C=O) groups excluding carboxylic acids is 1. The summed E-state index contributed by atoms with van der Waals surface area (Å²) in [6.45, 7) is 5.56. The number of allylic oxidation sites excluding steroid dienone is 1. The number of ether oxygens (including phenoxy) is 1. The van der Waals surface area contributed by atoms with Gasteiger partial charge in [0.2, 0.25) is 0 Å². The molecule has 0 aromatic carbocycles. The van der Waals surface area contributed by atoms with Crippen molar-refractivity contribution < 1.29 is 14.6 Å². The van der Waals surface area contributed by atoms with Crippen molar-refractivity contribution in [2.75, 3.05) is 0 Å². The zero-order valence-electron chi connectivity index (χ0n) is 9.49. The van der Waals surface area contributed by atoms with Crippen LogP contribution < -0.4 is 0 Å². The van der Waals surface area contributed by atoms with E-state index in [1.807, 2.05) is 19.9 Å². The summed E-state index contributed by atoms with van der Waals surface area (Å²) in [6.07, 6.45) is 4.61. The molecule has 2 unspecified atom stereocenters. The number of hydrogen-bond donors (Lipinski definition) is 1. The molecule has 3 rings (SSSR count). The molecule has 1 aliphatic carbocycles. The predicted octanol–water partition coefficient (Wildman–Crippen LogP) is 1.45. The molecule has 0 amide bonds. The average Bonchev–Trinajstić information content (AvgIpc) is 1.98. The van der Waals surface area contributed by atoms with Crippen LogP contribution in [0.5, 0.6) is 0 Å². The van der Waals surface area contributed by atoms with Crippen LogP contribution in [0.4, 0.5) is 0 Å². The van der Waals surface area contributed by atoms with Crippen molar-refractivity contribution in [1.29, 1.82) is 0 Å². The molecule has 1 N–H and O–H groups in total. The number of hydrogen-bond acceptors (Lipinski definition) is 3. The van der Waals surface area contributed by atoms with Gasteiger partial charge in [0.25, 0.3) is 0 Å². The first-order valence-corrected chi connectivity index (χ1v) is 5.43. The van der Waals surface area contributed by atoms with Crippen molar-refractivity contribution in [3.63, 3.8) is 0 Å². The van der Waals surface area contributed by atoms with Crippen LogP contribution in [-0.4, -0.2) is 28.2 Å². The van der Waals surface area contributed by atoms with E-state index >= 15 is 0 Å². The first-order chi connectivity index (χ1) is 6.86. The second-order valence-electron chi connectivity index (χ2n) is 5.24. The van der Waals surface area contributed by atoms with Crippen molar-refractivity contribution in [2.45, 2.75) is 50.9 Å². The van der Waals surface area contributed by atoms with Gasteiger partial charge in [-0.15, -0.1) is 0 Å². The molecular weight excluding hydrogens is 192 g/mol. The summed E-state index contributed by atoms with van der Waals surface area (Å²) in [5.74, 6) is 0.310. The molecule has 0 aromatic rings. The normalized spacial score (nSPS) is 49.1. The highest BCUT2D eigenvalue weighted by molar-refractivity contribution is 5.87. The molecule has 3 nitrogen and oxygen atoms in total. The van der Waals surface area contributed by atoms with Crippen molar-refractivity contribution in [2.24, 2.45) is 5.92 Å². The van der Waals surface area contributed by atoms with Gasteiger partial charge < -0.3 is 9.84 Å². The van der Waals surface area contributed by atoms with Gasteiger partial charge in [0.1, 0.15) is 0 Å². The highest BCUT2D eigenvalue weighted by atomic mass is 16.6. The zero-order chi connectivity index (χ0) is 11.3. The van der Waals surface area contributed by atoms with Crippen molar-refractivity contribution in [1.82, 2.24) is 0 Å². The fourth-order valence-corrected chi connectivity index (χ4v) is 3.23. The van der Waals surface area contributed by atoms with Gasteiger partial charge in [-0.05, 0) is 26.8 Å². The minimum atomic E-state index is -0.279. The van der Waals surface area contributed by atoms with E-state index in [0.717, 1.165) is 0 Å². The molecule has 2 bridgehead atoms. The second kappa shape index (κ2) is 3.16. The van der Waals surface area contributed by atoms with E-state index in [4.69, 9.17) is 4.74 Å². The van der Waals surface area contributed by atoms with Crippen LogP contribution >= 0.6 is 0 Å². The summed E-state index contributed by atoms with van der Waals surface area (Å²) in [5, 5.41) is 9.66. The third-order valence-corrected chi connectivity index (χ3v) is 3.59. The Kier molecular flexibility index (Phi) is 2.28. The van der Waals surface area contributed by atoms with Crippen LogP contribution in [0.2, 0.25) is 0 Å². The maximum absolute atomic E-state index is 10.9. The lowest BCUT2D eigenvalue weighted by molar-refractivity contribution is -0.338. The van der Waals surface area contributed by atoms with Crippen LogP contribution in [-0.2, 0) is 9.53 Å². The lowest BCUT2D eigenvalue weighted by atomic mass is 9.60. The summed E-state index contributed by atoms with van der Waals surface area (Å²) in [6, 6.07) is 0. The molecule has 3 heteroatoms. The maximum Gasteiger partial charge on any atom is 0.152 e. The average molecular weight is 210 g/mol. The van der Waals surface area contributed by atoms with E-state index in [9.17, 15) is 9.90 Å². The molecule has 2 saturated heterocycles. The number of aliphatic hydroxyl groups excluding tert-OH is 1. The third kappa shape index (κ3) is 1.64. The zero-order valence-corrected chi connectivity index (χ0v) is 9.49. The van der Waals surface area contributed by atoms with Gasteiger partial charge in [-0.3, -0.25) is 4.79 Å². The van der Waals surface area contributed by atoms with Crippen LogP contribution in [0, 0.1) is 5.92 Å². The van der Waals surface area contributed by atoms with Gasteiger partial charge in [0.15, 0.2) is 5.78 Å². The highest BCUT2D eigenvalue weighted by Crippen LogP contribution is 2.56. The maximum atomic E-state index is 10.9. The van der Waals surface area contributed by atoms with Crippen molar-refractivity contribution in [3.8, 4) is 0 Å². The van der Waals surface area contributed by atoms with Gasteiger partial charge in [-0.1, -0.05) is 6.08 Å². The van der Waals surface area contributed by atoms with E-state index in [1.54, 1.807) is 13.0 Å². The smallest absolute Gasteiger partial charge is 0.152 e. The van der Waals surface area contributed by atoms with Crippen molar-refractivity contribution >= 4 is 5.78 Å². The summed E-state index contributed by atoms with van der Waals surface area (Å²) in [7, 11) is 0. The van der Waals surface area contributed by atoms with Crippen molar-refractivity contribution in [3.05, 3.63) is 12.2 Å². The number of aliphatic hydroxyl groups is 1. The minimum absolute atomic E-state index is 0.0627.